The van der Waals surface area contributed by atoms with Gasteiger partial charge in [-0.25, -0.2) is 0 Å². The molecule has 148 valence electrons. The molecule has 0 spiro atoms. The first-order chi connectivity index (χ1) is 13.6. The van der Waals surface area contributed by atoms with E-state index in [1.807, 2.05) is 60.7 Å². The Morgan fingerprint density at radius 2 is 1.61 bits per heavy atom. The summed E-state index contributed by atoms with van der Waals surface area (Å²) in [5, 5.41) is 10.3. The van der Waals surface area contributed by atoms with Gasteiger partial charge < -0.3 is 14.6 Å². The summed E-state index contributed by atoms with van der Waals surface area (Å²) in [4.78, 5) is 27.1. The molecule has 0 aliphatic carbocycles. The highest BCUT2D eigenvalue weighted by Crippen LogP contribution is 2.28. The van der Waals surface area contributed by atoms with Gasteiger partial charge in [0, 0.05) is 13.1 Å². The largest absolute Gasteiger partial charge is 0.469 e. The quantitative estimate of drug-likeness (QED) is 0.771. The van der Waals surface area contributed by atoms with Crippen LogP contribution in [0.2, 0.25) is 0 Å². The molecule has 1 heterocycles. The molecule has 6 heteroatoms. The standard InChI is InChI=1S/C22H25NO5/c1-27-21(25)19-12-18(24)14-23(13-16-8-4-2-5-9-16)20(19)22(26)28-15-17-10-6-3-7-11-17/h2-11,18-20,24H,12-15H2,1H3/t18-,19+,20+/m1/s1. The minimum atomic E-state index is -0.806. The first kappa shape index (κ1) is 20.0. The van der Waals surface area contributed by atoms with E-state index in [0.717, 1.165) is 11.1 Å². The van der Waals surface area contributed by atoms with E-state index in [2.05, 4.69) is 0 Å². The van der Waals surface area contributed by atoms with Crippen LogP contribution in [0.25, 0.3) is 0 Å². The molecule has 3 atom stereocenters. The lowest BCUT2D eigenvalue weighted by molar-refractivity contribution is -0.168. The van der Waals surface area contributed by atoms with Crippen molar-refractivity contribution in [2.75, 3.05) is 13.7 Å². The number of likely N-dealkylation sites (tertiary alicyclic amines) is 1. The summed E-state index contributed by atoms with van der Waals surface area (Å²) in [7, 11) is 1.29. The van der Waals surface area contributed by atoms with Crippen molar-refractivity contribution >= 4 is 11.9 Å². The summed E-state index contributed by atoms with van der Waals surface area (Å²) in [5.74, 6) is -1.78. The number of aliphatic hydroxyl groups excluding tert-OH is 1. The van der Waals surface area contributed by atoms with Crippen molar-refractivity contribution in [2.24, 2.45) is 5.92 Å². The van der Waals surface area contributed by atoms with Gasteiger partial charge in [-0.05, 0) is 17.5 Å². The molecule has 0 unspecified atom stereocenters. The second-order valence-corrected chi connectivity index (χ2v) is 6.97. The van der Waals surface area contributed by atoms with Gasteiger partial charge in [-0.15, -0.1) is 0 Å². The van der Waals surface area contributed by atoms with E-state index in [1.54, 1.807) is 4.90 Å². The zero-order valence-corrected chi connectivity index (χ0v) is 15.9. The van der Waals surface area contributed by atoms with E-state index in [1.165, 1.54) is 7.11 Å². The number of hydrogen-bond donors (Lipinski definition) is 1. The van der Waals surface area contributed by atoms with E-state index in [9.17, 15) is 14.7 Å². The molecular weight excluding hydrogens is 358 g/mol. The highest BCUT2D eigenvalue weighted by Gasteiger charge is 2.45. The Morgan fingerprint density at radius 1 is 1.00 bits per heavy atom. The fourth-order valence-electron chi connectivity index (χ4n) is 3.62. The maximum Gasteiger partial charge on any atom is 0.324 e. The fourth-order valence-corrected chi connectivity index (χ4v) is 3.62. The predicted octanol–water partition coefficient (Wildman–Crippen LogP) is 2.15. The van der Waals surface area contributed by atoms with Gasteiger partial charge in [0.1, 0.15) is 12.6 Å². The molecule has 2 aromatic rings. The number of piperidine rings is 1. The van der Waals surface area contributed by atoms with Crippen molar-refractivity contribution < 1.29 is 24.2 Å². The minimum Gasteiger partial charge on any atom is -0.469 e. The average Bonchev–Trinajstić information content (AvgIpc) is 2.72. The molecule has 0 aromatic heterocycles. The first-order valence-electron chi connectivity index (χ1n) is 9.33. The smallest absolute Gasteiger partial charge is 0.324 e. The number of ether oxygens (including phenoxy) is 2. The third-order valence-electron chi connectivity index (χ3n) is 4.94. The SMILES string of the molecule is COC(=O)[C@H]1C[C@@H](O)CN(Cc2ccccc2)[C@@H]1C(=O)OCc1ccccc1. The Kier molecular flexibility index (Phi) is 6.79. The number of rotatable bonds is 6. The lowest BCUT2D eigenvalue weighted by Gasteiger charge is -2.40. The van der Waals surface area contributed by atoms with Gasteiger partial charge in [-0.3, -0.25) is 14.5 Å². The number of hydrogen-bond acceptors (Lipinski definition) is 6. The summed E-state index contributed by atoms with van der Waals surface area (Å²) in [6.45, 7) is 0.843. The van der Waals surface area contributed by atoms with Crippen LogP contribution in [-0.4, -0.2) is 47.7 Å². The van der Waals surface area contributed by atoms with Crippen LogP contribution < -0.4 is 0 Å². The van der Waals surface area contributed by atoms with Gasteiger partial charge in [0.15, 0.2) is 0 Å². The molecule has 0 saturated carbocycles. The molecule has 1 aliphatic rings. The molecule has 2 aromatic carbocycles. The molecule has 6 nitrogen and oxygen atoms in total. The normalized spacial score (nSPS) is 22.4. The van der Waals surface area contributed by atoms with Crippen LogP contribution in [0.3, 0.4) is 0 Å². The van der Waals surface area contributed by atoms with Crippen LogP contribution in [0.15, 0.2) is 60.7 Å². The highest BCUT2D eigenvalue weighted by atomic mass is 16.5. The molecule has 28 heavy (non-hydrogen) atoms. The summed E-state index contributed by atoms with van der Waals surface area (Å²) < 4.78 is 10.4. The van der Waals surface area contributed by atoms with Crippen LogP contribution in [0.1, 0.15) is 17.5 Å². The number of aliphatic hydroxyl groups is 1. The van der Waals surface area contributed by atoms with Crippen LogP contribution in [0, 0.1) is 5.92 Å². The van der Waals surface area contributed by atoms with E-state index >= 15 is 0 Å². The number of nitrogens with zero attached hydrogens (tertiary/aromatic N) is 1. The predicted molar refractivity (Wildman–Crippen MR) is 103 cm³/mol. The Bertz CT molecular complexity index is 780. The average molecular weight is 383 g/mol. The van der Waals surface area contributed by atoms with Crippen molar-refractivity contribution in [2.45, 2.75) is 31.7 Å². The van der Waals surface area contributed by atoms with Crippen LogP contribution in [-0.2, 0) is 32.2 Å². The van der Waals surface area contributed by atoms with Crippen molar-refractivity contribution in [3.63, 3.8) is 0 Å². The van der Waals surface area contributed by atoms with Crippen LogP contribution >= 0.6 is 0 Å². The van der Waals surface area contributed by atoms with E-state index in [0.29, 0.717) is 6.54 Å². The molecule has 0 amide bonds. The summed E-state index contributed by atoms with van der Waals surface area (Å²) >= 11 is 0. The van der Waals surface area contributed by atoms with Gasteiger partial charge in [0.2, 0.25) is 0 Å². The second-order valence-electron chi connectivity index (χ2n) is 6.97. The summed E-state index contributed by atoms with van der Waals surface area (Å²) in [6.07, 6.45) is -0.547. The van der Waals surface area contributed by atoms with Crippen LogP contribution in [0.4, 0.5) is 0 Å². The maximum atomic E-state index is 13.0. The molecule has 3 rings (SSSR count). The lowest BCUT2D eigenvalue weighted by Crippen LogP contribution is -2.56. The number of carbonyl (C=O) groups excluding carboxylic acids is 2. The monoisotopic (exact) mass is 383 g/mol. The van der Waals surface area contributed by atoms with E-state index < -0.39 is 30.0 Å². The van der Waals surface area contributed by atoms with Gasteiger partial charge >= 0.3 is 11.9 Å². The van der Waals surface area contributed by atoms with Gasteiger partial charge in [0.05, 0.1) is 19.1 Å². The number of methoxy groups -OCH3 is 1. The molecule has 1 aliphatic heterocycles. The topological polar surface area (TPSA) is 76.1 Å². The molecule has 0 bridgehead atoms. The first-order valence-corrected chi connectivity index (χ1v) is 9.33. The summed E-state index contributed by atoms with van der Waals surface area (Å²) in [6, 6.07) is 18.2. The molecular formula is C22H25NO5. The number of carbonyl (C=O) groups is 2. The van der Waals surface area contributed by atoms with E-state index in [-0.39, 0.29) is 19.6 Å². The van der Waals surface area contributed by atoms with Gasteiger partial charge in [0.25, 0.3) is 0 Å². The highest BCUT2D eigenvalue weighted by molar-refractivity contribution is 5.85. The summed E-state index contributed by atoms with van der Waals surface area (Å²) in [5.41, 5.74) is 1.86. The molecule has 1 fully saturated rings. The maximum absolute atomic E-state index is 13.0. The molecule has 1 N–H and O–H groups in total. The fraction of sp³-hybridized carbons (Fsp3) is 0.364. The Balaban J connectivity index is 1.80. The van der Waals surface area contributed by atoms with Gasteiger partial charge in [-0.1, -0.05) is 60.7 Å². The minimum absolute atomic E-state index is 0.131. The Hall–Kier alpha value is -2.70. The number of benzene rings is 2. The second kappa shape index (κ2) is 9.48. The van der Waals surface area contributed by atoms with Crippen molar-refractivity contribution in [3.8, 4) is 0 Å². The van der Waals surface area contributed by atoms with E-state index in [4.69, 9.17) is 9.47 Å². The number of esters is 2. The van der Waals surface area contributed by atoms with Crippen molar-refractivity contribution in [1.82, 2.24) is 4.90 Å². The number of β-amino-alcohol motifs (C(OH)–C–C–N with tert-alkyl or cyclic N) is 1. The van der Waals surface area contributed by atoms with Crippen molar-refractivity contribution in [3.05, 3.63) is 71.8 Å². The Labute approximate surface area is 164 Å². The third kappa shape index (κ3) is 4.97. The van der Waals surface area contributed by atoms with Crippen LogP contribution in [0.5, 0.6) is 0 Å². The molecule has 0 radical (unpaired) electrons. The third-order valence-corrected chi connectivity index (χ3v) is 4.94. The lowest BCUT2D eigenvalue weighted by atomic mass is 9.87. The zero-order valence-electron chi connectivity index (χ0n) is 15.9. The van der Waals surface area contributed by atoms with Gasteiger partial charge in [-0.2, -0.15) is 0 Å². The zero-order chi connectivity index (χ0) is 19.9. The van der Waals surface area contributed by atoms with Crippen molar-refractivity contribution in [1.29, 1.82) is 0 Å². The Morgan fingerprint density at radius 3 is 2.21 bits per heavy atom. The molecule has 1 saturated heterocycles.